The highest BCUT2D eigenvalue weighted by molar-refractivity contribution is 9.10. The number of nitrogens with zero attached hydrogens (tertiary/aromatic N) is 1. The van der Waals surface area contributed by atoms with E-state index in [9.17, 15) is 0 Å². The molecule has 1 aliphatic heterocycles. The molecule has 0 spiro atoms. The molecule has 0 bridgehead atoms. The second-order valence-electron chi connectivity index (χ2n) is 4.54. The van der Waals surface area contributed by atoms with Gasteiger partial charge in [-0.3, -0.25) is 0 Å². The third kappa shape index (κ3) is 2.60. The van der Waals surface area contributed by atoms with E-state index in [1.165, 1.54) is 16.8 Å². The molecular formula is C15H15BrN2O. The molecule has 0 unspecified atom stereocenters. The first-order valence-electron chi connectivity index (χ1n) is 6.18. The van der Waals surface area contributed by atoms with Gasteiger partial charge < -0.3 is 9.75 Å². The molecule has 4 heteroatoms. The number of benzene rings is 2. The van der Waals surface area contributed by atoms with Crippen LogP contribution in [-0.2, 0) is 13.1 Å². The predicted octanol–water partition coefficient (Wildman–Crippen LogP) is 3.48. The highest BCUT2D eigenvalue weighted by Crippen LogP contribution is 2.29. The molecule has 19 heavy (non-hydrogen) atoms. The van der Waals surface area contributed by atoms with E-state index in [2.05, 4.69) is 56.7 Å². The van der Waals surface area contributed by atoms with Gasteiger partial charge in [-0.1, -0.05) is 28.1 Å². The van der Waals surface area contributed by atoms with Gasteiger partial charge >= 0.3 is 0 Å². The Morgan fingerprint density at radius 3 is 2.74 bits per heavy atom. The lowest BCUT2D eigenvalue weighted by atomic mass is 10.1. The standard InChI is InChI=1S/C15H15BrN2O/c1-19-14-5-2-11(3-6-14)10-18-15-7-4-13(16)8-12(15)9-17-18/h2-8,17H,9-10H2,1H3. The van der Waals surface area contributed by atoms with Crippen molar-refractivity contribution in [3.63, 3.8) is 0 Å². The molecule has 0 aliphatic carbocycles. The van der Waals surface area contributed by atoms with Crippen molar-refractivity contribution in [2.75, 3.05) is 12.1 Å². The Balaban J connectivity index is 1.78. The van der Waals surface area contributed by atoms with Crippen LogP contribution in [0.3, 0.4) is 0 Å². The van der Waals surface area contributed by atoms with Crippen LogP contribution in [0.2, 0.25) is 0 Å². The Bertz CT molecular complexity index is 583. The highest BCUT2D eigenvalue weighted by atomic mass is 79.9. The molecule has 0 radical (unpaired) electrons. The molecule has 0 atom stereocenters. The third-order valence-corrected chi connectivity index (χ3v) is 3.79. The Morgan fingerprint density at radius 1 is 1.21 bits per heavy atom. The zero-order chi connectivity index (χ0) is 13.2. The van der Waals surface area contributed by atoms with Gasteiger partial charge in [-0.05, 0) is 41.5 Å². The summed E-state index contributed by atoms with van der Waals surface area (Å²) in [6.07, 6.45) is 0. The van der Waals surface area contributed by atoms with Crippen LogP contribution in [-0.4, -0.2) is 7.11 Å². The minimum atomic E-state index is 0.846. The Labute approximate surface area is 121 Å². The van der Waals surface area contributed by atoms with E-state index in [4.69, 9.17) is 4.74 Å². The molecule has 0 amide bonds. The second-order valence-corrected chi connectivity index (χ2v) is 5.46. The number of methoxy groups -OCH3 is 1. The Morgan fingerprint density at radius 2 is 2.00 bits per heavy atom. The number of nitrogens with one attached hydrogen (secondary N) is 1. The van der Waals surface area contributed by atoms with Crippen molar-refractivity contribution in [3.8, 4) is 5.75 Å². The van der Waals surface area contributed by atoms with E-state index in [0.29, 0.717) is 0 Å². The zero-order valence-corrected chi connectivity index (χ0v) is 12.3. The molecule has 1 aliphatic rings. The molecule has 1 N–H and O–H groups in total. The maximum Gasteiger partial charge on any atom is 0.118 e. The quantitative estimate of drug-likeness (QED) is 0.937. The maximum absolute atomic E-state index is 5.17. The smallest absolute Gasteiger partial charge is 0.118 e. The topological polar surface area (TPSA) is 24.5 Å². The summed E-state index contributed by atoms with van der Waals surface area (Å²) in [4.78, 5) is 0. The lowest BCUT2D eigenvalue weighted by Crippen LogP contribution is -2.31. The molecule has 0 fully saturated rings. The van der Waals surface area contributed by atoms with Gasteiger partial charge in [-0.25, -0.2) is 5.43 Å². The number of halogens is 1. The van der Waals surface area contributed by atoms with Gasteiger partial charge in [0.1, 0.15) is 5.75 Å². The molecule has 2 aromatic rings. The van der Waals surface area contributed by atoms with Crippen molar-refractivity contribution >= 4 is 21.6 Å². The fraction of sp³-hybridized carbons (Fsp3) is 0.200. The molecule has 0 aromatic heterocycles. The van der Waals surface area contributed by atoms with Gasteiger partial charge in [0.05, 0.1) is 19.3 Å². The van der Waals surface area contributed by atoms with E-state index in [-0.39, 0.29) is 0 Å². The number of anilines is 1. The van der Waals surface area contributed by atoms with Crippen molar-refractivity contribution in [2.24, 2.45) is 0 Å². The maximum atomic E-state index is 5.17. The van der Waals surface area contributed by atoms with Crippen molar-refractivity contribution < 1.29 is 4.74 Å². The van der Waals surface area contributed by atoms with Crippen LogP contribution in [0, 0.1) is 0 Å². The highest BCUT2D eigenvalue weighted by Gasteiger charge is 2.18. The average Bonchev–Trinajstić information content (AvgIpc) is 2.82. The molecule has 98 valence electrons. The largest absolute Gasteiger partial charge is 0.497 e. The molecule has 0 saturated heterocycles. The van der Waals surface area contributed by atoms with Crippen LogP contribution in [0.5, 0.6) is 5.75 Å². The summed E-state index contributed by atoms with van der Waals surface area (Å²) in [5.74, 6) is 0.891. The van der Waals surface area contributed by atoms with Crippen molar-refractivity contribution in [3.05, 3.63) is 58.1 Å². The normalized spacial score (nSPS) is 13.5. The zero-order valence-electron chi connectivity index (χ0n) is 10.7. The Kier molecular flexibility index (Phi) is 3.44. The fourth-order valence-corrected chi connectivity index (χ4v) is 2.69. The first-order valence-corrected chi connectivity index (χ1v) is 6.98. The van der Waals surface area contributed by atoms with Gasteiger partial charge in [0.25, 0.3) is 0 Å². The van der Waals surface area contributed by atoms with Crippen LogP contribution >= 0.6 is 15.9 Å². The summed E-state index contributed by atoms with van der Waals surface area (Å²) in [6.45, 7) is 1.73. The van der Waals surface area contributed by atoms with Crippen LogP contribution in [0.25, 0.3) is 0 Å². The number of fused-ring (bicyclic) bond motifs is 1. The molecule has 3 rings (SSSR count). The summed E-state index contributed by atoms with van der Waals surface area (Å²) in [6, 6.07) is 14.6. The number of ether oxygens (including phenoxy) is 1. The van der Waals surface area contributed by atoms with E-state index in [0.717, 1.165) is 23.3 Å². The first-order chi connectivity index (χ1) is 9.26. The van der Waals surface area contributed by atoms with E-state index in [1.807, 2.05) is 12.1 Å². The predicted molar refractivity (Wildman–Crippen MR) is 80.2 cm³/mol. The van der Waals surface area contributed by atoms with Crippen LogP contribution in [0.4, 0.5) is 5.69 Å². The second kappa shape index (κ2) is 5.23. The first kappa shape index (κ1) is 12.5. The number of hydrogen-bond donors (Lipinski definition) is 1. The van der Waals surface area contributed by atoms with E-state index in [1.54, 1.807) is 7.11 Å². The van der Waals surface area contributed by atoms with Gasteiger partial charge in [0.15, 0.2) is 0 Å². The van der Waals surface area contributed by atoms with Crippen LogP contribution in [0.15, 0.2) is 46.9 Å². The number of hydrazine groups is 1. The van der Waals surface area contributed by atoms with E-state index >= 15 is 0 Å². The SMILES string of the molecule is COc1ccc(CN2NCc3cc(Br)ccc32)cc1. The third-order valence-electron chi connectivity index (χ3n) is 3.29. The molecule has 3 nitrogen and oxygen atoms in total. The minimum Gasteiger partial charge on any atom is -0.497 e. The fourth-order valence-electron chi connectivity index (χ4n) is 2.28. The average molecular weight is 319 g/mol. The van der Waals surface area contributed by atoms with Gasteiger partial charge in [0, 0.05) is 11.0 Å². The van der Waals surface area contributed by atoms with Gasteiger partial charge in [-0.15, -0.1) is 0 Å². The summed E-state index contributed by atoms with van der Waals surface area (Å²) < 4.78 is 6.30. The van der Waals surface area contributed by atoms with E-state index < -0.39 is 0 Å². The summed E-state index contributed by atoms with van der Waals surface area (Å²) in [5, 5.41) is 2.18. The van der Waals surface area contributed by atoms with Gasteiger partial charge in [-0.2, -0.15) is 0 Å². The van der Waals surface area contributed by atoms with Gasteiger partial charge in [0.2, 0.25) is 0 Å². The lowest BCUT2D eigenvalue weighted by molar-refractivity contribution is 0.414. The van der Waals surface area contributed by atoms with Crippen molar-refractivity contribution in [1.29, 1.82) is 0 Å². The summed E-state index contributed by atoms with van der Waals surface area (Å²) >= 11 is 3.51. The van der Waals surface area contributed by atoms with Crippen molar-refractivity contribution in [2.45, 2.75) is 13.1 Å². The Hall–Kier alpha value is -1.52. The number of hydrogen-bond acceptors (Lipinski definition) is 3. The minimum absolute atomic E-state index is 0.846. The van der Waals surface area contributed by atoms with Crippen LogP contribution < -0.4 is 15.2 Å². The monoisotopic (exact) mass is 318 g/mol. The summed E-state index contributed by atoms with van der Waals surface area (Å²) in [5.41, 5.74) is 7.23. The molecule has 0 saturated carbocycles. The van der Waals surface area contributed by atoms with Crippen LogP contribution in [0.1, 0.15) is 11.1 Å². The van der Waals surface area contributed by atoms with Crippen molar-refractivity contribution in [1.82, 2.24) is 5.43 Å². The summed E-state index contributed by atoms with van der Waals surface area (Å²) in [7, 11) is 1.69. The molecular weight excluding hydrogens is 304 g/mol. The molecule has 1 heterocycles. The molecule has 2 aromatic carbocycles. The number of rotatable bonds is 3. The lowest BCUT2D eigenvalue weighted by Gasteiger charge is -2.19.